The van der Waals surface area contributed by atoms with Crippen molar-refractivity contribution in [1.82, 2.24) is 14.5 Å². The monoisotopic (exact) mass is 557 g/mol. The van der Waals surface area contributed by atoms with E-state index in [0.717, 1.165) is 34.5 Å². The molecule has 4 aromatic rings. The highest BCUT2D eigenvalue weighted by Crippen LogP contribution is 2.36. The SMILES string of the molecule is CCC(C)c1ccc(-n2c(-c3cc(C)c(OCCO[Si](C)(C)C(C)(C)C)c(C)c3)nc3ccncc3c2=O)cc1. The molecule has 0 fully saturated rings. The van der Waals surface area contributed by atoms with E-state index in [4.69, 9.17) is 14.1 Å². The number of benzene rings is 2. The van der Waals surface area contributed by atoms with E-state index in [-0.39, 0.29) is 10.6 Å². The first-order valence-electron chi connectivity index (χ1n) is 14.2. The Labute approximate surface area is 239 Å². The fourth-order valence-electron chi connectivity index (χ4n) is 4.62. The van der Waals surface area contributed by atoms with Gasteiger partial charge in [-0.25, -0.2) is 4.98 Å². The second kappa shape index (κ2) is 11.7. The summed E-state index contributed by atoms with van der Waals surface area (Å²) in [5.41, 5.74) is 5.37. The van der Waals surface area contributed by atoms with Crippen LogP contribution in [0.15, 0.2) is 59.7 Å². The van der Waals surface area contributed by atoms with Crippen LogP contribution in [-0.4, -0.2) is 36.1 Å². The first-order valence-corrected chi connectivity index (χ1v) is 17.1. The molecule has 0 saturated carbocycles. The number of aryl methyl sites for hydroxylation is 2. The van der Waals surface area contributed by atoms with Crippen LogP contribution in [0.2, 0.25) is 18.1 Å². The van der Waals surface area contributed by atoms with Crippen LogP contribution in [0.5, 0.6) is 5.75 Å². The second-order valence-corrected chi connectivity index (χ2v) is 17.1. The number of fused-ring (bicyclic) bond motifs is 1. The number of hydrogen-bond donors (Lipinski definition) is 0. The van der Waals surface area contributed by atoms with Crippen LogP contribution >= 0.6 is 0 Å². The lowest BCUT2D eigenvalue weighted by Gasteiger charge is -2.36. The van der Waals surface area contributed by atoms with E-state index in [1.807, 2.05) is 26.0 Å². The van der Waals surface area contributed by atoms with E-state index in [9.17, 15) is 4.79 Å². The number of hydrogen-bond acceptors (Lipinski definition) is 5. The van der Waals surface area contributed by atoms with Gasteiger partial charge in [-0.2, -0.15) is 0 Å². The van der Waals surface area contributed by atoms with Gasteiger partial charge in [0.25, 0.3) is 5.56 Å². The molecule has 1 atom stereocenters. The molecule has 0 radical (unpaired) electrons. The summed E-state index contributed by atoms with van der Waals surface area (Å²) in [6.45, 7) is 20.7. The number of ether oxygens (including phenoxy) is 1. The summed E-state index contributed by atoms with van der Waals surface area (Å²) in [5.74, 6) is 1.90. The molecule has 7 heteroatoms. The molecule has 212 valence electrons. The Kier molecular flexibility index (Phi) is 8.66. The van der Waals surface area contributed by atoms with E-state index in [1.54, 1.807) is 23.0 Å². The van der Waals surface area contributed by atoms with Gasteiger partial charge in [0.1, 0.15) is 18.2 Å². The van der Waals surface area contributed by atoms with Crippen molar-refractivity contribution >= 4 is 19.2 Å². The zero-order chi connectivity index (χ0) is 29.2. The summed E-state index contributed by atoms with van der Waals surface area (Å²) in [6.07, 6.45) is 4.32. The summed E-state index contributed by atoms with van der Waals surface area (Å²) in [7, 11) is -1.83. The molecule has 0 saturated heterocycles. The summed E-state index contributed by atoms with van der Waals surface area (Å²) in [6, 6.07) is 14.1. The second-order valence-electron chi connectivity index (χ2n) is 12.3. The maximum absolute atomic E-state index is 13.8. The fourth-order valence-corrected chi connectivity index (χ4v) is 5.64. The minimum absolute atomic E-state index is 0.136. The lowest BCUT2D eigenvalue weighted by Crippen LogP contribution is -2.41. The standard InChI is InChI=1S/C33H43N3O3Si/c1-10-22(2)25-11-13-27(14-12-25)36-31(35-29-15-16-34-21-28(29)32(36)37)26-19-23(3)30(24(4)20-26)38-17-18-39-40(8,9)33(5,6)7/h11-16,19-22H,10,17-18H2,1-9H3. The van der Waals surface area contributed by atoms with Crippen LogP contribution < -0.4 is 10.3 Å². The minimum atomic E-state index is -1.83. The van der Waals surface area contributed by atoms with Crippen molar-refractivity contribution < 1.29 is 9.16 Å². The number of pyridine rings is 1. The van der Waals surface area contributed by atoms with Gasteiger partial charge in [0, 0.05) is 18.0 Å². The topological polar surface area (TPSA) is 66.2 Å². The third-order valence-electron chi connectivity index (χ3n) is 8.32. The molecule has 2 aromatic heterocycles. The Balaban J connectivity index is 1.71. The maximum Gasteiger partial charge on any atom is 0.267 e. The van der Waals surface area contributed by atoms with Crippen molar-refractivity contribution in [3.05, 3.63) is 81.9 Å². The zero-order valence-corrected chi connectivity index (χ0v) is 26.5. The van der Waals surface area contributed by atoms with E-state index in [2.05, 4.69) is 77.0 Å². The molecule has 0 bridgehead atoms. The van der Waals surface area contributed by atoms with Crippen molar-refractivity contribution in [2.45, 2.75) is 78.9 Å². The normalized spacial score (nSPS) is 13.0. The average Bonchev–Trinajstić information content (AvgIpc) is 2.91. The number of nitrogens with zero attached hydrogens (tertiary/aromatic N) is 3. The molecule has 0 aliphatic heterocycles. The number of aromatic nitrogens is 3. The quantitative estimate of drug-likeness (QED) is 0.154. The molecular formula is C33H43N3O3Si. The summed E-state index contributed by atoms with van der Waals surface area (Å²) < 4.78 is 14.2. The Morgan fingerprint density at radius 2 is 1.65 bits per heavy atom. The predicted octanol–water partition coefficient (Wildman–Crippen LogP) is 7.98. The van der Waals surface area contributed by atoms with Crippen LogP contribution in [0.25, 0.3) is 28.0 Å². The Morgan fingerprint density at radius 3 is 2.25 bits per heavy atom. The Hall–Kier alpha value is -3.29. The van der Waals surface area contributed by atoms with Gasteiger partial charge in [-0.1, -0.05) is 46.8 Å². The molecule has 40 heavy (non-hydrogen) atoms. The fraction of sp³-hybridized carbons (Fsp3) is 0.424. The molecule has 0 amide bonds. The third-order valence-corrected chi connectivity index (χ3v) is 12.9. The highest BCUT2D eigenvalue weighted by atomic mass is 28.4. The van der Waals surface area contributed by atoms with Crippen LogP contribution in [0, 0.1) is 13.8 Å². The maximum atomic E-state index is 13.8. The summed E-state index contributed by atoms with van der Waals surface area (Å²) in [4.78, 5) is 23.0. The molecule has 2 heterocycles. The Bertz CT molecular complexity index is 1530. The predicted molar refractivity (Wildman–Crippen MR) is 167 cm³/mol. The van der Waals surface area contributed by atoms with Gasteiger partial charge in [-0.3, -0.25) is 14.3 Å². The highest BCUT2D eigenvalue weighted by molar-refractivity contribution is 6.74. The van der Waals surface area contributed by atoms with E-state index in [1.165, 1.54) is 5.56 Å². The van der Waals surface area contributed by atoms with Crippen LogP contribution in [0.4, 0.5) is 0 Å². The molecular weight excluding hydrogens is 514 g/mol. The third kappa shape index (κ3) is 6.05. The smallest absolute Gasteiger partial charge is 0.267 e. The largest absolute Gasteiger partial charge is 0.491 e. The van der Waals surface area contributed by atoms with Gasteiger partial charge in [-0.15, -0.1) is 0 Å². The van der Waals surface area contributed by atoms with Crippen LogP contribution in [-0.2, 0) is 4.43 Å². The van der Waals surface area contributed by atoms with Gasteiger partial charge in [-0.05, 0) is 91.3 Å². The molecule has 0 N–H and O–H groups in total. The Morgan fingerprint density at radius 1 is 1.00 bits per heavy atom. The van der Waals surface area contributed by atoms with E-state index < -0.39 is 8.32 Å². The van der Waals surface area contributed by atoms with E-state index in [0.29, 0.717) is 35.9 Å². The first kappa shape index (κ1) is 29.7. The van der Waals surface area contributed by atoms with Crippen molar-refractivity contribution in [3.8, 4) is 22.8 Å². The number of rotatable bonds is 9. The van der Waals surface area contributed by atoms with Gasteiger partial charge < -0.3 is 9.16 Å². The average molecular weight is 558 g/mol. The van der Waals surface area contributed by atoms with Crippen molar-refractivity contribution in [2.75, 3.05) is 13.2 Å². The molecule has 0 aliphatic carbocycles. The highest BCUT2D eigenvalue weighted by Gasteiger charge is 2.37. The first-order chi connectivity index (χ1) is 18.8. The van der Waals surface area contributed by atoms with Gasteiger partial charge in [0.05, 0.1) is 23.2 Å². The van der Waals surface area contributed by atoms with Crippen LogP contribution in [0.3, 0.4) is 0 Å². The minimum Gasteiger partial charge on any atom is -0.491 e. The lowest BCUT2D eigenvalue weighted by atomic mass is 9.98. The van der Waals surface area contributed by atoms with Crippen molar-refractivity contribution in [1.29, 1.82) is 0 Å². The van der Waals surface area contributed by atoms with Crippen molar-refractivity contribution in [3.63, 3.8) is 0 Å². The van der Waals surface area contributed by atoms with Crippen LogP contribution in [0.1, 0.15) is 63.6 Å². The summed E-state index contributed by atoms with van der Waals surface area (Å²) >= 11 is 0. The summed E-state index contributed by atoms with van der Waals surface area (Å²) in [5, 5.41) is 0.653. The molecule has 4 rings (SSSR count). The van der Waals surface area contributed by atoms with Crippen molar-refractivity contribution in [2.24, 2.45) is 0 Å². The molecule has 6 nitrogen and oxygen atoms in total. The molecule has 0 spiro atoms. The lowest BCUT2D eigenvalue weighted by molar-refractivity contribution is 0.202. The van der Waals surface area contributed by atoms with Gasteiger partial charge in [0.15, 0.2) is 8.32 Å². The van der Waals surface area contributed by atoms with Gasteiger partial charge in [0.2, 0.25) is 0 Å². The molecule has 1 unspecified atom stereocenters. The van der Waals surface area contributed by atoms with Gasteiger partial charge >= 0.3 is 0 Å². The molecule has 2 aromatic carbocycles. The van der Waals surface area contributed by atoms with E-state index >= 15 is 0 Å². The molecule has 0 aliphatic rings. The zero-order valence-electron chi connectivity index (χ0n) is 25.5.